The van der Waals surface area contributed by atoms with Crippen LogP contribution in [-0.2, 0) is 0 Å². The van der Waals surface area contributed by atoms with Crippen LogP contribution < -0.4 is 22.3 Å². The van der Waals surface area contributed by atoms with Gasteiger partial charge < -0.3 is 11.1 Å². The number of benzene rings is 1. The second-order valence-electron chi connectivity index (χ2n) is 6.49. The van der Waals surface area contributed by atoms with Gasteiger partial charge in [0.25, 0.3) is 5.91 Å². The molecule has 1 aromatic carbocycles. The molecule has 1 atom stereocenters. The Morgan fingerprint density at radius 1 is 1.31 bits per heavy atom. The number of hydrogen-bond acceptors (Lipinski definition) is 6. The van der Waals surface area contributed by atoms with Crippen LogP contribution in [0.1, 0.15) is 34.8 Å². The molecule has 8 nitrogen and oxygen atoms in total. The number of carbonyl (C=O) groups is 1. The summed E-state index contributed by atoms with van der Waals surface area (Å²) in [6.45, 7) is 1.96. The summed E-state index contributed by atoms with van der Waals surface area (Å²) in [6, 6.07) is 9.07. The molecule has 1 aliphatic rings. The van der Waals surface area contributed by atoms with Gasteiger partial charge >= 0.3 is 0 Å². The Bertz CT molecular complexity index is 942. The van der Waals surface area contributed by atoms with E-state index in [2.05, 4.69) is 15.8 Å². The number of nitrogens with two attached hydrogens (primary N) is 2. The first kappa shape index (κ1) is 16.5. The molecule has 2 aromatic heterocycles. The van der Waals surface area contributed by atoms with E-state index in [4.69, 9.17) is 16.6 Å². The number of rotatable bonds is 3. The zero-order chi connectivity index (χ0) is 18.1. The Labute approximate surface area is 150 Å². The summed E-state index contributed by atoms with van der Waals surface area (Å²) in [5, 5.41) is 7.78. The van der Waals surface area contributed by atoms with Gasteiger partial charge in [-0.25, -0.2) is 10.8 Å². The molecule has 8 heteroatoms. The summed E-state index contributed by atoms with van der Waals surface area (Å²) in [5.74, 6) is 5.77. The Kier molecular flexibility index (Phi) is 4.27. The molecular formula is C18H21N7O. The summed E-state index contributed by atoms with van der Waals surface area (Å²) in [7, 11) is 0. The van der Waals surface area contributed by atoms with Crippen LogP contribution in [0.15, 0.2) is 36.5 Å². The number of nitrogens with one attached hydrogen (secondary N) is 2. The van der Waals surface area contributed by atoms with Crippen molar-refractivity contribution in [1.29, 1.82) is 0 Å². The van der Waals surface area contributed by atoms with E-state index in [1.807, 2.05) is 18.2 Å². The molecular weight excluding hydrogens is 330 g/mol. The number of piperidine rings is 1. The third-order valence-electron chi connectivity index (χ3n) is 4.82. The summed E-state index contributed by atoms with van der Waals surface area (Å²) in [5.41, 5.74) is 12.3. The number of fused-ring (bicyclic) bond motifs is 1. The van der Waals surface area contributed by atoms with Crippen molar-refractivity contribution < 1.29 is 4.79 Å². The predicted molar refractivity (Wildman–Crippen MR) is 99.3 cm³/mol. The Morgan fingerprint density at radius 2 is 2.12 bits per heavy atom. The first-order valence-corrected chi connectivity index (χ1v) is 8.63. The Hall–Kier alpha value is -2.97. The standard InChI is InChI=1S/C18H21N7O/c19-16-8-15(13-2-1-7-21-9-13)23-17-14(10-22-25(16)17)11-3-5-12(6-4-11)18(26)24-20/h3-6,8,10,13,21H,1-2,7,9,19-20H2,(H,24,26). The average Bonchev–Trinajstić information content (AvgIpc) is 3.13. The monoisotopic (exact) mass is 351 g/mol. The van der Waals surface area contributed by atoms with Gasteiger partial charge in [0, 0.05) is 29.7 Å². The lowest BCUT2D eigenvalue weighted by Gasteiger charge is -2.22. The van der Waals surface area contributed by atoms with E-state index >= 15 is 0 Å². The van der Waals surface area contributed by atoms with Crippen molar-refractivity contribution in [2.75, 3.05) is 18.8 Å². The smallest absolute Gasteiger partial charge is 0.265 e. The molecule has 0 aliphatic carbocycles. The lowest BCUT2D eigenvalue weighted by molar-refractivity contribution is 0.0953. The first-order valence-electron chi connectivity index (χ1n) is 8.63. The van der Waals surface area contributed by atoms with Crippen molar-refractivity contribution in [2.45, 2.75) is 18.8 Å². The average molecular weight is 351 g/mol. The van der Waals surface area contributed by atoms with Gasteiger partial charge in [-0.05, 0) is 37.1 Å². The Morgan fingerprint density at radius 3 is 2.81 bits per heavy atom. The highest BCUT2D eigenvalue weighted by atomic mass is 16.2. The molecule has 0 spiro atoms. The van der Waals surface area contributed by atoms with E-state index in [0.29, 0.717) is 17.3 Å². The molecule has 1 saturated heterocycles. The minimum absolute atomic E-state index is 0.328. The van der Waals surface area contributed by atoms with Crippen LogP contribution in [0.2, 0.25) is 0 Å². The molecule has 26 heavy (non-hydrogen) atoms. The van der Waals surface area contributed by atoms with Gasteiger partial charge in [0.05, 0.1) is 11.9 Å². The molecule has 3 aromatic rings. The lowest BCUT2D eigenvalue weighted by atomic mass is 9.96. The minimum Gasteiger partial charge on any atom is -0.384 e. The molecule has 4 rings (SSSR count). The molecule has 1 fully saturated rings. The molecule has 134 valence electrons. The van der Waals surface area contributed by atoms with Crippen LogP contribution in [0.5, 0.6) is 0 Å². The van der Waals surface area contributed by atoms with Gasteiger partial charge in [-0.3, -0.25) is 10.2 Å². The van der Waals surface area contributed by atoms with Gasteiger partial charge in [0.1, 0.15) is 5.82 Å². The number of carbonyl (C=O) groups excluding carboxylic acids is 1. The Balaban J connectivity index is 1.75. The summed E-state index contributed by atoms with van der Waals surface area (Å²) >= 11 is 0. The summed E-state index contributed by atoms with van der Waals surface area (Å²) < 4.78 is 1.65. The first-order chi connectivity index (χ1) is 12.7. The van der Waals surface area contributed by atoms with Crippen LogP contribution in [-0.4, -0.2) is 33.6 Å². The molecule has 0 radical (unpaired) electrons. The number of amides is 1. The molecule has 6 N–H and O–H groups in total. The maximum absolute atomic E-state index is 11.6. The maximum Gasteiger partial charge on any atom is 0.265 e. The van der Waals surface area contributed by atoms with Crippen molar-refractivity contribution >= 4 is 17.4 Å². The lowest BCUT2D eigenvalue weighted by Crippen LogP contribution is -2.29. The van der Waals surface area contributed by atoms with Crippen LogP contribution >= 0.6 is 0 Å². The third kappa shape index (κ3) is 2.89. The van der Waals surface area contributed by atoms with Crippen molar-refractivity contribution in [3.8, 4) is 11.1 Å². The van der Waals surface area contributed by atoms with E-state index in [0.717, 1.165) is 48.4 Å². The maximum atomic E-state index is 11.6. The van der Waals surface area contributed by atoms with Crippen LogP contribution in [0.4, 0.5) is 5.82 Å². The fourth-order valence-corrected chi connectivity index (χ4v) is 3.41. The largest absolute Gasteiger partial charge is 0.384 e. The van der Waals surface area contributed by atoms with Crippen molar-refractivity contribution in [1.82, 2.24) is 25.3 Å². The van der Waals surface area contributed by atoms with E-state index in [9.17, 15) is 4.79 Å². The quantitative estimate of drug-likeness (QED) is 0.318. The number of hydrogen-bond donors (Lipinski definition) is 4. The minimum atomic E-state index is -0.328. The van der Waals surface area contributed by atoms with Crippen molar-refractivity contribution in [3.63, 3.8) is 0 Å². The third-order valence-corrected chi connectivity index (χ3v) is 4.82. The van der Waals surface area contributed by atoms with Gasteiger partial charge in [-0.2, -0.15) is 9.61 Å². The number of nitrogen functional groups attached to an aromatic ring is 2. The van der Waals surface area contributed by atoms with E-state index in [1.165, 1.54) is 0 Å². The molecule has 0 saturated carbocycles. The topological polar surface area (TPSA) is 123 Å². The molecule has 0 bridgehead atoms. The molecule has 1 unspecified atom stereocenters. The SMILES string of the molecule is NNC(=O)c1ccc(-c2cnn3c(N)cc(C4CCCNC4)nc23)cc1. The van der Waals surface area contributed by atoms with Crippen LogP contribution in [0.25, 0.3) is 16.8 Å². The van der Waals surface area contributed by atoms with Gasteiger partial charge in [0.15, 0.2) is 5.65 Å². The molecule has 1 amide bonds. The van der Waals surface area contributed by atoms with Crippen LogP contribution in [0.3, 0.4) is 0 Å². The van der Waals surface area contributed by atoms with Gasteiger partial charge in [-0.1, -0.05) is 12.1 Å². The highest BCUT2D eigenvalue weighted by Gasteiger charge is 2.20. The summed E-state index contributed by atoms with van der Waals surface area (Å²) in [4.78, 5) is 16.5. The fourth-order valence-electron chi connectivity index (χ4n) is 3.41. The molecule has 1 aliphatic heterocycles. The van der Waals surface area contributed by atoms with E-state index < -0.39 is 0 Å². The number of nitrogens with zero attached hydrogens (tertiary/aromatic N) is 3. The predicted octanol–water partition coefficient (Wildman–Crippen LogP) is 1.05. The number of anilines is 1. The zero-order valence-corrected chi connectivity index (χ0v) is 14.3. The fraction of sp³-hybridized carbons (Fsp3) is 0.278. The van der Waals surface area contributed by atoms with E-state index in [1.54, 1.807) is 22.8 Å². The van der Waals surface area contributed by atoms with E-state index in [-0.39, 0.29) is 5.91 Å². The normalized spacial score (nSPS) is 17.3. The van der Waals surface area contributed by atoms with Crippen LogP contribution in [0, 0.1) is 0 Å². The number of aromatic nitrogens is 3. The second-order valence-corrected chi connectivity index (χ2v) is 6.49. The zero-order valence-electron chi connectivity index (χ0n) is 14.3. The second kappa shape index (κ2) is 6.74. The van der Waals surface area contributed by atoms with Crippen molar-refractivity contribution in [2.24, 2.45) is 5.84 Å². The molecule has 3 heterocycles. The highest BCUT2D eigenvalue weighted by Crippen LogP contribution is 2.29. The number of hydrazine groups is 1. The van der Waals surface area contributed by atoms with Gasteiger partial charge in [0.2, 0.25) is 0 Å². The summed E-state index contributed by atoms with van der Waals surface area (Å²) in [6.07, 6.45) is 3.98. The highest BCUT2D eigenvalue weighted by molar-refractivity contribution is 5.94. The van der Waals surface area contributed by atoms with Gasteiger partial charge in [-0.15, -0.1) is 0 Å². The van der Waals surface area contributed by atoms with Crippen molar-refractivity contribution in [3.05, 3.63) is 47.8 Å².